The van der Waals surface area contributed by atoms with Gasteiger partial charge in [0, 0.05) is 17.3 Å². The highest BCUT2D eigenvalue weighted by molar-refractivity contribution is 6.51. The molecule has 1 unspecified atom stereocenters. The van der Waals surface area contributed by atoms with Crippen LogP contribution in [0.15, 0.2) is 66.2 Å². The molecule has 1 fully saturated rings. The van der Waals surface area contributed by atoms with Crippen LogP contribution in [-0.4, -0.2) is 36.8 Å². The van der Waals surface area contributed by atoms with Crippen LogP contribution < -0.4 is 23.8 Å². The molecule has 1 amide bonds. The van der Waals surface area contributed by atoms with E-state index < -0.39 is 17.7 Å². The van der Waals surface area contributed by atoms with Gasteiger partial charge in [-0.25, -0.2) is 0 Å². The molecule has 2 aliphatic heterocycles. The van der Waals surface area contributed by atoms with Gasteiger partial charge in [-0.3, -0.25) is 14.5 Å². The van der Waals surface area contributed by atoms with Gasteiger partial charge in [0.25, 0.3) is 11.7 Å². The number of hydrogen-bond donors (Lipinski definition) is 1. The van der Waals surface area contributed by atoms with Crippen molar-refractivity contribution < 1.29 is 33.6 Å². The SMILES string of the molecule is CCOc1cccc(C2/C(=C(\O)c3ccc(Cl)c(OCC)c3)C(=O)C(=O)N2c2ccc3c(c2)OCO3)c1. The maximum absolute atomic E-state index is 13.5. The second-order valence-corrected chi connectivity index (χ2v) is 8.70. The Morgan fingerprint density at radius 1 is 1.00 bits per heavy atom. The van der Waals surface area contributed by atoms with E-state index in [0.717, 1.165) is 0 Å². The Labute approximate surface area is 218 Å². The Morgan fingerprint density at radius 2 is 1.78 bits per heavy atom. The molecule has 3 aromatic rings. The van der Waals surface area contributed by atoms with E-state index in [1.54, 1.807) is 60.7 Å². The van der Waals surface area contributed by atoms with Crippen molar-refractivity contribution in [1.82, 2.24) is 0 Å². The molecule has 5 rings (SSSR count). The predicted octanol–water partition coefficient (Wildman–Crippen LogP) is 5.49. The number of anilines is 1. The van der Waals surface area contributed by atoms with Gasteiger partial charge in [0.2, 0.25) is 6.79 Å². The molecule has 0 aromatic heterocycles. The maximum atomic E-state index is 13.5. The molecule has 2 heterocycles. The Balaban J connectivity index is 1.70. The first kappa shape index (κ1) is 24.5. The van der Waals surface area contributed by atoms with E-state index in [1.165, 1.54) is 4.90 Å². The van der Waals surface area contributed by atoms with E-state index in [-0.39, 0.29) is 18.1 Å². The van der Waals surface area contributed by atoms with Gasteiger partial charge in [-0.2, -0.15) is 0 Å². The summed E-state index contributed by atoms with van der Waals surface area (Å²) >= 11 is 6.22. The molecule has 37 heavy (non-hydrogen) atoms. The van der Waals surface area contributed by atoms with Crippen LogP contribution in [0, 0.1) is 0 Å². The average molecular weight is 522 g/mol. The minimum Gasteiger partial charge on any atom is -0.507 e. The van der Waals surface area contributed by atoms with E-state index in [2.05, 4.69) is 0 Å². The Morgan fingerprint density at radius 3 is 2.57 bits per heavy atom. The van der Waals surface area contributed by atoms with Gasteiger partial charge in [0.05, 0.1) is 29.9 Å². The first-order valence-corrected chi connectivity index (χ1v) is 12.2. The van der Waals surface area contributed by atoms with E-state index in [0.29, 0.717) is 58.0 Å². The third kappa shape index (κ3) is 4.44. The second-order valence-electron chi connectivity index (χ2n) is 8.29. The zero-order chi connectivity index (χ0) is 26.1. The summed E-state index contributed by atoms with van der Waals surface area (Å²) in [5, 5.41) is 11.8. The summed E-state index contributed by atoms with van der Waals surface area (Å²) in [4.78, 5) is 28.3. The lowest BCUT2D eigenvalue weighted by Gasteiger charge is -2.26. The highest BCUT2D eigenvalue weighted by Gasteiger charge is 2.47. The quantitative estimate of drug-likeness (QED) is 0.249. The Bertz CT molecular complexity index is 1420. The van der Waals surface area contributed by atoms with Gasteiger partial charge in [0.1, 0.15) is 17.3 Å². The number of ether oxygens (including phenoxy) is 4. The number of aliphatic hydroxyl groups excluding tert-OH is 1. The number of carbonyl (C=O) groups is 2. The lowest BCUT2D eigenvalue weighted by molar-refractivity contribution is -0.132. The first-order valence-electron chi connectivity index (χ1n) is 11.8. The second kappa shape index (κ2) is 10.1. The van der Waals surface area contributed by atoms with Crippen LogP contribution in [0.4, 0.5) is 5.69 Å². The molecular formula is C28H24ClNO7. The number of halogens is 1. The van der Waals surface area contributed by atoms with Crippen LogP contribution in [0.3, 0.4) is 0 Å². The number of Topliss-reactive ketones (excluding diaryl/α,β-unsaturated/α-hetero) is 1. The summed E-state index contributed by atoms with van der Waals surface area (Å²) in [7, 11) is 0. The fourth-order valence-corrected chi connectivity index (χ4v) is 4.63. The van der Waals surface area contributed by atoms with Crippen LogP contribution in [0.25, 0.3) is 5.76 Å². The monoisotopic (exact) mass is 521 g/mol. The average Bonchev–Trinajstić information content (AvgIpc) is 3.47. The minimum atomic E-state index is -0.938. The summed E-state index contributed by atoms with van der Waals surface area (Å²) in [5.74, 6) is -0.0261. The zero-order valence-electron chi connectivity index (χ0n) is 20.2. The van der Waals surface area contributed by atoms with Crippen LogP contribution in [-0.2, 0) is 9.59 Å². The van der Waals surface area contributed by atoms with Gasteiger partial charge < -0.3 is 24.1 Å². The minimum absolute atomic E-state index is 0.0656. The summed E-state index contributed by atoms with van der Waals surface area (Å²) < 4.78 is 22.1. The van der Waals surface area contributed by atoms with Crippen LogP contribution in [0.2, 0.25) is 5.02 Å². The molecule has 190 valence electrons. The molecule has 0 radical (unpaired) electrons. The molecule has 9 heteroatoms. The van der Waals surface area contributed by atoms with Gasteiger partial charge >= 0.3 is 0 Å². The van der Waals surface area contributed by atoms with Gasteiger partial charge in [-0.05, 0) is 61.9 Å². The molecule has 8 nitrogen and oxygen atoms in total. The van der Waals surface area contributed by atoms with Crippen molar-refractivity contribution in [1.29, 1.82) is 0 Å². The number of hydrogen-bond acceptors (Lipinski definition) is 7. The van der Waals surface area contributed by atoms with E-state index in [9.17, 15) is 14.7 Å². The lowest BCUT2D eigenvalue weighted by Crippen LogP contribution is -2.29. The highest BCUT2D eigenvalue weighted by Crippen LogP contribution is 2.45. The topological polar surface area (TPSA) is 94.5 Å². The highest BCUT2D eigenvalue weighted by atomic mass is 35.5. The molecule has 2 aliphatic rings. The lowest BCUT2D eigenvalue weighted by atomic mass is 9.95. The van der Waals surface area contributed by atoms with E-state index in [4.69, 9.17) is 30.5 Å². The molecule has 1 N–H and O–H groups in total. The van der Waals surface area contributed by atoms with Crippen molar-refractivity contribution in [2.45, 2.75) is 19.9 Å². The zero-order valence-corrected chi connectivity index (χ0v) is 20.9. The summed E-state index contributed by atoms with van der Waals surface area (Å²) in [5.41, 5.74) is 1.23. The number of carbonyl (C=O) groups excluding carboxylic acids is 2. The molecule has 1 saturated heterocycles. The Hall–Kier alpha value is -4.17. The molecule has 0 saturated carbocycles. The van der Waals surface area contributed by atoms with Crippen LogP contribution >= 0.6 is 11.6 Å². The van der Waals surface area contributed by atoms with Crippen molar-refractivity contribution in [2.24, 2.45) is 0 Å². The molecule has 1 atom stereocenters. The fourth-order valence-electron chi connectivity index (χ4n) is 4.46. The fraction of sp³-hybridized carbons (Fsp3) is 0.214. The standard InChI is InChI=1S/C28H24ClNO7/c1-3-34-19-7-5-6-16(12-19)25-24(26(31)17-8-10-20(29)22(13-17)35-4-2)27(32)28(33)30(25)18-9-11-21-23(14-18)37-15-36-21/h5-14,25,31H,3-4,15H2,1-2H3/b26-24+. The number of nitrogens with zero attached hydrogens (tertiary/aromatic N) is 1. The first-order chi connectivity index (χ1) is 17.9. The number of aliphatic hydroxyl groups is 1. The number of fused-ring (bicyclic) bond motifs is 1. The number of rotatable bonds is 7. The van der Waals surface area contributed by atoms with Crippen molar-refractivity contribution in [3.05, 3.63) is 82.4 Å². The Kier molecular flexibility index (Phi) is 6.67. The smallest absolute Gasteiger partial charge is 0.300 e. The molecule has 3 aromatic carbocycles. The molecule has 0 spiro atoms. The van der Waals surface area contributed by atoms with Gasteiger partial charge in [-0.15, -0.1) is 0 Å². The molecular weight excluding hydrogens is 498 g/mol. The number of benzene rings is 3. The third-order valence-electron chi connectivity index (χ3n) is 6.07. The summed E-state index contributed by atoms with van der Waals surface area (Å²) in [6, 6.07) is 15.8. The van der Waals surface area contributed by atoms with Crippen LogP contribution in [0.5, 0.6) is 23.0 Å². The predicted molar refractivity (Wildman–Crippen MR) is 138 cm³/mol. The third-order valence-corrected chi connectivity index (χ3v) is 6.38. The van der Waals surface area contributed by atoms with Crippen molar-refractivity contribution >= 4 is 34.7 Å². The summed E-state index contributed by atoms with van der Waals surface area (Å²) in [6.45, 7) is 4.54. The van der Waals surface area contributed by atoms with Gasteiger partial charge in [0.15, 0.2) is 11.5 Å². The molecule has 0 bridgehead atoms. The molecule has 0 aliphatic carbocycles. The van der Waals surface area contributed by atoms with Crippen molar-refractivity contribution in [3.8, 4) is 23.0 Å². The number of ketones is 1. The normalized spacial score (nSPS) is 17.8. The van der Waals surface area contributed by atoms with Crippen molar-refractivity contribution in [3.63, 3.8) is 0 Å². The van der Waals surface area contributed by atoms with E-state index in [1.807, 2.05) is 13.8 Å². The van der Waals surface area contributed by atoms with Crippen molar-refractivity contribution in [2.75, 3.05) is 24.9 Å². The van der Waals surface area contributed by atoms with Crippen LogP contribution in [0.1, 0.15) is 31.0 Å². The van der Waals surface area contributed by atoms with E-state index >= 15 is 0 Å². The van der Waals surface area contributed by atoms with Gasteiger partial charge in [-0.1, -0.05) is 23.7 Å². The number of amides is 1. The largest absolute Gasteiger partial charge is 0.507 e. The maximum Gasteiger partial charge on any atom is 0.300 e. The summed E-state index contributed by atoms with van der Waals surface area (Å²) in [6.07, 6.45) is 0.